The van der Waals surface area contributed by atoms with Crippen LogP contribution in [0.2, 0.25) is 0 Å². The third kappa shape index (κ3) is 4.20. The lowest BCUT2D eigenvalue weighted by Gasteiger charge is -2.34. The molecule has 3 aromatic heterocycles. The van der Waals surface area contributed by atoms with Crippen LogP contribution in [0, 0.1) is 11.3 Å². The number of carbonyl (C=O) groups is 1. The number of para-hydroxylation sites is 1. The van der Waals surface area contributed by atoms with E-state index in [2.05, 4.69) is 20.9 Å². The number of hydrogen-bond acceptors (Lipinski definition) is 9. The molecule has 4 aromatic rings. The van der Waals surface area contributed by atoms with Crippen LogP contribution < -0.4 is 9.80 Å². The molecule has 10 heteroatoms. The van der Waals surface area contributed by atoms with Gasteiger partial charge in [0.1, 0.15) is 6.07 Å². The zero-order valence-electron chi connectivity index (χ0n) is 18.1. The van der Waals surface area contributed by atoms with E-state index in [-0.39, 0.29) is 11.6 Å². The third-order valence-corrected chi connectivity index (χ3v) is 6.66. The number of carbonyl (C=O) groups excluding carboxylic acids is 1. The predicted molar refractivity (Wildman–Crippen MR) is 125 cm³/mol. The molecular weight excluding hydrogens is 440 g/mol. The molecule has 5 rings (SSSR count). The maximum atomic E-state index is 13.1. The molecule has 0 radical (unpaired) electrons. The van der Waals surface area contributed by atoms with Gasteiger partial charge in [-0.05, 0) is 31.2 Å². The zero-order chi connectivity index (χ0) is 22.8. The van der Waals surface area contributed by atoms with Crippen LogP contribution in [0.1, 0.15) is 12.6 Å². The fourth-order valence-corrected chi connectivity index (χ4v) is 4.93. The normalized spacial score (nSPS) is 14.5. The highest BCUT2D eigenvalue weighted by atomic mass is 32.1. The van der Waals surface area contributed by atoms with Gasteiger partial charge in [0.15, 0.2) is 10.9 Å². The largest absolute Gasteiger partial charge is 0.459 e. The number of rotatable bonds is 6. The van der Waals surface area contributed by atoms with E-state index >= 15 is 0 Å². The minimum absolute atomic E-state index is 0.0301. The number of hydrogen-bond donors (Lipinski definition) is 0. The summed E-state index contributed by atoms with van der Waals surface area (Å²) in [7, 11) is 0. The SMILES string of the molecule is CCN(C(=O)CN1CCN(c2oc(-c3ccco3)nc2C#N)CC1)c1nc2ccccc2s1. The van der Waals surface area contributed by atoms with Crippen LogP contribution >= 0.6 is 11.3 Å². The Labute approximate surface area is 194 Å². The van der Waals surface area contributed by atoms with Crippen molar-refractivity contribution < 1.29 is 13.6 Å². The Morgan fingerprint density at radius 1 is 1.18 bits per heavy atom. The highest BCUT2D eigenvalue weighted by Crippen LogP contribution is 2.30. The number of likely N-dealkylation sites (N-methyl/N-ethyl adjacent to an activating group) is 1. The highest BCUT2D eigenvalue weighted by Gasteiger charge is 2.27. The molecule has 0 unspecified atom stereocenters. The number of amides is 1. The molecule has 33 heavy (non-hydrogen) atoms. The van der Waals surface area contributed by atoms with Crippen molar-refractivity contribution in [2.24, 2.45) is 0 Å². The van der Waals surface area contributed by atoms with Crippen LogP contribution in [-0.2, 0) is 4.79 Å². The van der Waals surface area contributed by atoms with Crippen molar-refractivity contribution in [3.05, 3.63) is 48.4 Å². The number of piperazine rings is 1. The average molecular weight is 463 g/mol. The lowest BCUT2D eigenvalue weighted by atomic mass is 10.3. The lowest BCUT2D eigenvalue weighted by molar-refractivity contribution is -0.119. The molecular formula is C23H22N6O3S. The number of anilines is 2. The maximum absolute atomic E-state index is 13.1. The second-order valence-corrected chi connectivity index (χ2v) is 8.64. The number of furan rings is 1. The van der Waals surface area contributed by atoms with Gasteiger partial charge in [-0.15, -0.1) is 0 Å². The van der Waals surface area contributed by atoms with E-state index in [4.69, 9.17) is 8.83 Å². The van der Waals surface area contributed by atoms with E-state index in [1.54, 1.807) is 17.0 Å². The summed E-state index contributed by atoms with van der Waals surface area (Å²) in [5.41, 5.74) is 1.14. The molecule has 168 valence electrons. The van der Waals surface area contributed by atoms with Gasteiger partial charge in [0.2, 0.25) is 17.5 Å². The number of benzene rings is 1. The molecule has 9 nitrogen and oxygen atoms in total. The molecule has 0 bridgehead atoms. The summed E-state index contributed by atoms with van der Waals surface area (Å²) in [6.07, 6.45) is 1.54. The Balaban J connectivity index is 1.23. The van der Waals surface area contributed by atoms with Gasteiger partial charge in [0.25, 0.3) is 5.89 Å². The smallest absolute Gasteiger partial charge is 0.266 e. The summed E-state index contributed by atoms with van der Waals surface area (Å²) < 4.78 is 12.2. The quantitative estimate of drug-likeness (QED) is 0.428. The topological polar surface area (TPSA) is 103 Å². The van der Waals surface area contributed by atoms with Gasteiger partial charge in [-0.25, -0.2) is 4.98 Å². The minimum atomic E-state index is 0.0301. The van der Waals surface area contributed by atoms with Crippen molar-refractivity contribution in [2.75, 3.05) is 49.1 Å². The molecule has 0 atom stereocenters. The molecule has 4 heterocycles. The van der Waals surface area contributed by atoms with Crippen LogP contribution in [0.5, 0.6) is 0 Å². The van der Waals surface area contributed by atoms with Crippen LogP contribution in [0.4, 0.5) is 11.0 Å². The van der Waals surface area contributed by atoms with E-state index in [9.17, 15) is 10.1 Å². The van der Waals surface area contributed by atoms with Gasteiger partial charge in [-0.1, -0.05) is 23.5 Å². The standard InChI is InChI=1S/C23H22N6O3S/c1-2-29(23-26-16-6-3-4-8-19(16)33-23)20(30)15-27-9-11-28(12-10-27)22-17(14-24)25-21(32-22)18-7-5-13-31-18/h3-8,13H,2,9-12,15H2,1H3. The first-order valence-corrected chi connectivity index (χ1v) is 11.6. The van der Waals surface area contributed by atoms with Gasteiger partial charge >= 0.3 is 0 Å². The first-order chi connectivity index (χ1) is 16.2. The third-order valence-electron chi connectivity index (χ3n) is 5.60. The number of fused-ring (bicyclic) bond motifs is 1. The number of nitrogens with zero attached hydrogens (tertiary/aromatic N) is 6. The van der Waals surface area contributed by atoms with Crippen LogP contribution in [-0.4, -0.2) is 60.0 Å². The Hall–Kier alpha value is -3.68. The van der Waals surface area contributed by atoms with Gasteiger partial charge in [-0.3, -0.25) is 14.6 Å². The molecule has 0 spiro atoms. The number of nitriles is 1. The summed E-state index contributed by atoms with van der Waals surface area (Å²) in [5.74, 6) is 1.25. The molecule has 0 aliphatic carbocycles. The summed E-state index contributed by atoms with van der Waals surface area (Å²) in [6, 6.07) is 13.5. The van der Waals surface area contributed by atoms with Crippen LogP contribution in [0.25, 0.3) is 21.9 Å². The van der Waals surface area contributed by atoms with Crippen molar-refractivity contribution in [3.8, 4) is 17.7 Å². The highest BCUT2D eigenvalue weighted by molar-refractivity contribution is 7.22. The molecule has 1 aliphatic heterocycles. The zero-order valence-corrected chi connectivity index (χ0v) is 18.9. The molecule has 1 aromatic carbocycles. The second kappa shape index (κ2) is 9.05. The Bertz CT molecular complexity index is 1260. The van der Waals surface area contributed by atoms with E-state index in [1.165, 1.54) is 17.6 Å². The predicted octanol–water partition coefficient (Wildman–Crippen LogP) is 3.59. The summed E-state index contributed by atoms with van der Waals surface area (Å²) in [6.45, 7) is 5.44. The first-order valence-electron chi connectivity index (χ1n) is 10.7. The van der Waals surface area contributed by atoms with Gasteiger partial charge in [-0.2, -0.15) is 10.2 Å². The summed E-state index contributed by atoms with van der Waals surface area (Å²) in [5, 5.41) is 10.2. The lowest BCUT2D eigenvalue weighted by Crippen LogP contribution is -2.50. The molecule has 1 saturated heterocycles. The Morgan fingerprint density at radius 3 is 2.70 bits per heavy atom. The molecule has 0 saturated carbocycles. The van der Waals surface area contributed by atoms with Crippen molar-refractivity contribution in [1.82, 2.24) is 14.9 Å². The molecule has 1 amide bonds. The van der Waals surface area contributed by atoms with Gasteiger partial charge in [0, 0.05) is 32.7 Å². The van der Waals surface area contributed by atoms with Gasteiger partial charge < -0.3 is 13.7 Å². The first kappa shape index (κ1) is 21.2. The minimum Gasteiger partial charge on any atom is -0.459 e. The van der Waals surface area contributed by atoms with Crippen molar-refractivity contribution >= 4 is 38.5 Å². The van der Waals surface area contributed by atoms with E-state index in [0.717, 1.165) is 15.3 Å². The van der Waals surface area contributed by atoms with Crippen LogP contribution in [0.3, 0.4) is 0 Å². The monoisotopic (exact) mass is 462 g/mol. The fraction of sp³-hybridized carbons (Fsp3) is 0.304. The van der Waals surface area contributed by atoms with E-state index in [0.29, 0.717) is 56.8 Å². The number of thiazole rings is 1. The Kier molecular flexibility index (Phi) is 5.81. The van der Waals surface area contributed by atoms with Crippen LogP contribution in [0.15, 0.2) is 51.5 Å². The average Bonchev–Trinajstić information content (AvgIpc) is 3.58. The maximum Gasteiger partial charge on any atom is 0.266 e. The second-order valence-electron chi connectivity index (χ2n) is 7.63. The molecule has 0 N–H and O–H groups in total. The fourth-order valence-electron chi connectivity index (χ4n) is 3.88. The van der Waals surface area contributed by atoms with Crippen molar-refractivity contribution in [1.29, 1.82) is 5.26 Å². The number of aromatic nitrogens is 2. The summed E-state index contributed by atoms with van der Waals surface area (Å²) >= 11 is 1.53. The Morgan fingerprint density at radius 2 is 2.00 bits per heavy atom. The van der Waals surface area contributed by atoms with Gasteiger partial charge in [0.05, 0.1) is 23.0 Å². The van der Waals surface area contributed by atoms with E-state index < -0.39 is 0 Å². The van der Waals surface area contributed by atoms with Crippen molar-refractivity contribution in [2.45, 2.75) is 6.92 Å². The summed E-state index contributed by atoms with van der Waals surface area (Å²) in [4.78, 5) is 27.8. The molecule has 1 fully saturated rings. The molecule has 1 aliphatic rings. The number of oxazole rings is 1. The van der Waals surface area contributed by atoms with E-state index in [1.807, 2.05) is 36.1 Å². The van der Waals surface area contributed by atoms with Crippen molar-refractivity contribution in [3.63, 3.8) is 0 Å².